The van der Waals surface area contributed by atoms with Gasteiger partial charge in [0.05, 0.1) is 38.4 Å². The predicted octanol–water partition coefficient (Wildman–Crippen LogP) is -0.393. The number of aliphatic carboxylic acids is 1. The van der Waals surface area contributed by atoms with Gasteiger partial charge in [-0.15, -0.1) is 0 Å². The van der Waals surface area contributed by atoms with Crippen LogP contribution in [0, 0.1) is 11.3 Å². The van der Waals surface area contributed by atoms with Crippen LogP contribution >= 0.6 is 0 Å². The third kappa shape index (κ3) is 3.36. The summed E-state index contributed by atoms with van der Waals surface area (Å²) < 4.78 is 10.6. The van der Waals surface area contributed by atoms with Gasteiger partial charge >= 0.3 is 5.97 Å². The van der Waals surface area contributed by atoms with Crippen molar-refractivity contribution in [2.24, 2.45) is 11.3 Å². The summed E-state index contributed by atoms with van der Waals surface area (Å²) in [6, 6.07) is -0.515. The third-order valence-electron chi connectivity index (χ3n) is 4.33. The molecular weight excluding hydrogens is 276 g/mol. The Labute approximate surface area is 124 Å². The number of carboxylic acids is 1. The lowest BCUT2D eigenvalue weighted by Gasteiger charge is -2.27. The largest absolute Gasteiger partial charge is 0.481 e. The van der Waals surface area contributed by atoms with Crippen LogP contribution in [0.2, 0.25) is 0 Å². The van der Waals surface area contributed by atoms with E-state index in [4.69, 9.17) is 9.47 Å². The second kappa shape index (κ2) is 6.72. The summed E-state index contributed by atoms with van der Waals surface area (Å²) in [7, 11) is 0. The molecule has 0 bridgehead atoms. The Balaban J connectivity index is 1.96. The maximum absolute atomic E-state index is 12.4. The number of amides is 1. The molecule has 2 fully saturated rings. The summed E-state index contributed by atoms with van der Waals surface area (Å²) in [5.41, 5.74) is -1.07. The van der Waals surface area contributed by atoms with Crippen molar-refractivity contribution in [2.75, 3.05) is 33.0 Å². The van der Waals surface area contributed by atoms with Crippen LogP contribution < -0.4 is 10.6 Å². The molecular formula is C14H24N2O5. The number of carbonyl (C=O) groups is 2. The van der Waals surface area contributed by atoms with Crippen LogP contribution in [0.1, 0.15) is 20.3 Å². The number of ether oxygens (including phenoxy) is 2. The monoisotopic (exact) mass is 300 g/mol. The number of rotatable bonds is 6. The highest BCUT2D eigenvalue weighted by molar-refractivity contribution is 5.82. The maximum atomic E-state index is 12.4. The maximum Gasteiger partial charge on any atom is 0.313 e. The molecule has 4 atom stereocenters. The van der Waals surface area contributed by atoms with Gasteiger partial charge in [0.2, 0.25) is 5.91 Å². The van der Waals surface area contributed by atoms with E-state index >= 15 is 0 Å². The van der Waals surface area contributed by atoms with Gasteiger partial charge in [-0.05, 0) is 19.9 Å². The average Bonchev–Trinajstić information content (AvgIpc) is 3.04. The standard InChI is InChI=1S/C14H24N2O5/c1-3-4-15-10-6-20-5-9(10)12(17)16-11-7-21-8-14(11,2)13(18)19/h9-11,15H,3-8H2,1-2H3,(H,16,17)(H,18,19). The first-order valence-electron chi connectivity index (χ1n) is 7.41. The van der Waals surface area contributed by atoms with Gasteiger partial charge in [-0.1, -0.05) is 6.92 Å². The van der Waals surface area contributed by atoms with Gasteiger partial charge in [-0.2, -0.15) is 0 Å². The van der Waals surface area contributed by atoms with Crippen LogP contribution in [0.4, 0.5) is 0 Å². The van der Waals surface area contributed by atoms with E-state index in [2.05, 4.69) is 17.6 Å². The first kappa shape index (κ1) is 16.2. The molecule has 21 heavy (non-hydrogen) atoms. The molecule has 0 aliphatic carbocycles. The molecule has 2 rings (SSSR count). The number of carbonyl (C=O) groups excluding carboxylic acids is 1. The molecule has 0 aromatic heterocycles. The van der Waals surface area contributed by atoms with E-state index in [-0.39, 0.29) is 31.1 Å². The minimum absolute atomic E-state index is 0.0108. The van der Waals surface area contributed by atoms with E-state index in [0.717, 1.165) is 13.0 Å². The van der Waals surface area contributed by atoms with Crippen molar-refractivity contribution in [2.45, 2.75) is 32.4 Å². The molecule has 2 aliphatic heterocycles. The number of carboxylic acid groups (broad SMARTS) is 1. The Morgan fingerprint density at radius 1 is 1.29 bits per heavy atom. The molecule has 3 N–H and O–H groups in total. The Hall–Kier alpha value is -1.18. The van der Waals surface area contributed by atoms with Crippen molar-refractivity contribution < 1.29 is 24.2 Å². The fourth-order valence-electron chi connectivity index (χ4n) is 2.71. The molecule has 0 spiro atoms. The topological polar surface area (TPSA) is 96.9 Å². The summed E-state index contributed by atoms with van der Waals surface area (Å²) in [6.45, 7) is 5.72. The lowest BCUT2D eigenvalue weighted by Crippen LogP contribution is -2.53. The van der Waals surface area contributed by atoms with Gasteiger partial charge in [0.1, 0.15) is 5.41 Å². The smallest absolute Gasteiger partial charge is 0.313 e. The second-order valence-corrected chi connectivity index (χ2v) is 6.00. The van der Waals surface area contributed by atoms with Crippen molar-refractivity contribution in [3.05, 3.63) is 0 Å². The van der Waals surface area contributed by atoms with Gasteiger partial charge in [0, 0.05) is 6.04 Å². The summed E-state index contributed by atoms with van der Waals surface area (Å²) in [4.78, 5) is 23.8. The van der Waals surface area contributed by atoms with E-state index in [1.165, 1.54) is 0 Å². The lowest BCUT2D eigenvalue weighted by molar-refractivity contribution is -0.149. The van der Waals surface area contributed by atoms with Gasteiger partial charge in [0.25, 0.3) is 0 Å². The first-order chi connectivity index (χ1) is 9.99. The second-order valence-electron chi connectivity index (χ2n) is 6.00. The Morgan fingerprint density at radius 3 is 2.71 bits per heavy atom. The summed E-state index contributed by atoms with van der Waals surface area (Å²) in [5.74, 6) is -1.40. The zero-order valence-electron chi connectivity index (χ0n) is 12.6. The molecule has 4 unspecified atom stereocenters. The minimum Gasteiger partial charge on any atom is -0.481 e. The van der Waals surface area contributed by atoms with Crippen LogP contribution in [-0.4, -0.2) is 62.0 Å². The first-order valence-corrected chi connectivity index (χ1v) is 7.41. The fraction of sp³-hybridized carbons (Fsp3) is 0.857. The molecule has 0 saturated carbocycles. The molecule has 120 valence electrons. The lowest BCUT2D eigenvalue weighted by atomic mass is 9.85. The molecule has 7 nitrogen and oxygen atoms in total. The Morgan fingerprint density at radius 2 is 2.05 bits per heavy atom. The zero-order valence-corrected chi connectivity index (χ0v) is 12.6. The van der Waals surface area contributed by atoms with Crippen LogP contribution in [0.15, 0.2) is 0 Å². The Kier molecular flexibility index (Phi) is 5.18. The molecule has 2 aliphatic rings. The average molecular weight is 300 g/mol. The summed E-state index contributed by atoms with van der Waals surface area (Å²) >= 11 is 0. The van der Waals surface area contributed by atoms with Crippen molar-refractivity contribution in [1.29, 1.82) is 0 Å². The third-order valence-corrected chi connectivity index (χ3v) is 4.33. The minimum atomic E-state index is -1.07. The van der Waals surface area contributed by atoms with Gasteiger partial charge in [0.15, 0.2) is 0 Å². The zero-order chi connectivity index (χ0) is 15.5. The van der Waals surface area contributed by atoms with Crippen LogP contribution in [-0.2, 0) is 19.1 Å². The van der Waals surface area contributed by atoms with E-state index < -0.39 is 17.4 Å². The highest BCUT2D eigenvalue weighted by atomic mass is 16.5. The van der Waals surface area contributed by atoms with Crippen LogP contribution in [0.5, 0.6) is 0 Å². The molecule has 1 amide bonds. The van der Waals surface area contributed by atoms with Crippen LogP contribution in [0.25, 0.3) is 0 Å². The van der Waals surface area contributed by atoms with Crippen molar-refractivity contribution in [3.63, 3.8) is 0 Å². The highest BCUT2D eigenvalue weighted by Crippen LogP contribution is 2.29. The molecule has 7 heteroatoms. The van der Waals surface area contributed by atoms with Gasteiger partial charge in [-0.25, -0.2) is 0 Å². The van der Waals surface area contributed by atoms with Crippen molar-refractivity contribution in [3.8, 4) is 0 Å². The highest BCUT2D eigenvalue weighted by Gasteiger charge is 2.48. The molecule has 2 heterocycles. The predicted molar refractivity (Wildman–Crippen MR) is 74.9 cm³/mol. The summed E-state index contributed by atoms with van der Waals surface area (Å²) in [6.07, 6.45) is 0.985. The Bertz CT molecular complexity index is 403. The van der Waals surface area contributed by atoms with Crippen LogP contribution in [0.3, 0.4) is 0 Å². The van der Waals surface area contributed by atoms with E-state index in [1.54, 1.807) is 6.92 Å². The van der Waals surface area contributed by atoms with Crippen molar-refractivity contribution in [1.82, 2.24) is 10.6 Å². The number of hydrogen-bond acceptors (Lipinski definition) is 5. The molecule has 0 aromatic carbocycles. The molecule has 0 radical (unpaired) electrons. The SMILES string of the molecule is CCCNC1COCC1C(=O)NC1COCC1(C)C(=O)O. The summed E-state index contributed by atoms with van der Waals surface area (Å²) in [5, 5.41) is 15.5. The molecule has 2 saturated heterocycles. The normalized spacial score (nSPS) is 35.8. The quantitative estimate of drug-likeness (QED) is 0.618. The van der Waals surface area contributed by atoms with Gasteiger partial charge in [-0.3, -0.25) is 9.59 Å². The van der Waals surface area contributed by atoms with Gasteiger partial charge < -0.3 is 25.2 Å². The van der Waals surface area contributed by atoms with Crippen molar-refractivity contribution >= 4 is 11.9 Å². The fourth-order valence-corrected chi connectivity index (χ4v) is 2.71. The number of hydrogen-bond donors (Lipinski definition) is 3. The molecule has 0 aromatic rings. The number of nitrogens with one attached hydrogen (secondary N) is 2. The van der Waals surface area contributed by atoms with E-state index in [9.17, 15) is 14.7 Å². The van der Waals surface area contributed by atoms with E-state index in [0.29, 0.717) is 13.2 Å². The van der Waals surface area contributed by atoms with E-state index in [1.807, 2.05) is 0 Å².